The van der Waals surface area contributed by atoms with E-state index in [1.54, 1.807) is 0 Å². The van der Waals surface area contributed by atoms with Crippen molar-refractivity contribution in [3.63, 3.8) is 0 Å². The lowest BCUT2D eigenvalue weighted by Crippen LogP contribution is -2.40. The lowest BCUT2D eigenvalue weighted by Gasteiger charge is -2.37. The number of aliphatic hydroxyl groups is 1. The number of nitrogens with zero attached hydrogens (tertiary/aromatic N) is 1. The van der Waals surface area contributed by atoms with Crippen molar-refractivity contribution >= 4 is 0 Å². The van der Waals surface area contributed by atoms with Gasteiger partial charge in [0.05, 0.1) is 5.60 Å². The first kappa shape index (κ1) is 16.2. The van der Waals surface area contributed by atoms with Crippen molar-refractivity contribution in [2.75, 3.05) is 20.1 Å². The fourth-order valence-electron chi connectivity index (χ4n) is 2.46. The van der Waals surface area contributed by atoms with Crippen molar-refractivity contribution in [1.29, 1.82) is 0 Å². The third kappa shape index (κ3) is 4.05. The molecule has 0 saturated carbocycles. The van der Waals surface area contributed by atoms with Crippen LogP contribution in [0.25, 0.3) is 0 Å². The van der Waals surface area contributed by atoms with Crippen LogP contribution in [0.1, 0.15) is 57.6 Å². The standard InChI is InChI=1S/C15H23NO.C2H6/c1-12(2)13-4-6-14(7-5-13)15(17)8-10-16(3)11-9-15;1-2/h4-7,12,17H,8-11H2,1-3H3;1-2H3. The maximum Gasteiger partial charge on any atom is 0.0920 e. The molecular formula is C17H29NO. The van der Waals surface area contributed by atoms with Gasteiger partial charge in [0.2, 0.25) is 0 Å². The van der Waals surface area contributed by atoms with E-state index in [2.05, 4.69) is 50.1 Å². The van der Waals surface area contributed by atoms with Gasteiger partial charge < -0.3 is 10.0 Å². The van der Waals surface area contributed by atoms with E-state index in [0.29, 0.717) is 5.92 Å². The number of hydrogen-bond donors (Lipinski definition) is 1. The van der Waals surface area contributed by atoms with Gasteiger partial charge in [0, 0.05) is 13.1 Å². The fourth-order valence-corrected chi connectivity index (χ4v) is 2.46. The Balaban J connectivity index is 0.000000861. The summed E-state index contributed by atoms with van der Waals surface area (Å²) in [4.78, 5) is 2.27. The average molecular weight is 263 g/mol. The average Bonchev–Trinajstić information content (AvgIpc) is 2.45. The summed E-state index contributed by atoms with van der Waals surface area (Å²) >= 11 is 0. The zero-order valence-corrected chi connectivity index (χ0v) is 13.1. The van der Waals surface area contributed by atoms with E-state index < -0.39 is 5.60 Å². The van der Waals surface area contributed by atoms with Gasteiger partial charge in [-0.05, 0) is 36.9 Å². The first-order valence-corrected chi connectivity index (χ1v) is 7.53. The molecule has 1 aromatic rings. The molecule has 1 heterocycles. The van der Waals surface area contributed by atoms with E-state index >= 15 is 0 Å². The highest BCUT2D eigenvalue weighted by molar-refractivity contribution is 5.29. The van der Waals surface area contributed by atoms with Gasteiger partial charge in [0.25, 0.3) is 0 Å². The smallest absolute Gasteiger partial charge is 0.0920 e. The van der Waals surface area contributed by atoms with Crippen LogP contribution in [0, 0.1) is 0 Å². The molecule has 2 nitrogen and oxygen atoms in total. The molecule has 1 saturated heterocycles. The summed E-state index contributed by atoms with van der Waals surface area (Å²) in [6.07, 6.45) is 1.68. The van der Waals surface area contributed by atoms with Crippen molar-refractivity contribution in [1.82, 2.24) is 4.90 Å². The Hall–Kier alpha value is -0.860. The monoisotopic (exact) mass is 263 g/mol. The van der Waals surface area contributed by atoms with Crippen molar-refractivity contribution in [2.24, 2.45) is 0 Å². The molecule has 1 fully saturated rings. The maximum absolute atomic E-state index is 10.7. The minimum absolute atomic E-state index is 0.552. The van der Waals surface area contributed by atoms with Gasteiger partial charge >= 0.3 is 0 Å². The topological polar surface area (TPSA) is 23.5 Å². The van der Waals surface area contributed by atoms with Crippen LogP contribution in [0.15, 0.2) is 24.3 Å². The van der Waals surface area contributed by atoms with Crippen LogP contribution in [0.4, 0.5) is 0 Å². The van der Waals surface area contributed by atoms with Gasteiger partial charge in [-0.25, -0.2) is 0 Å². The molecule has 1 aliphatic heterocycles. The molecule has 1 aromatic carbocycles. The Bertz CT molecular complexity index is 361. The van der Waals surface area contributed by atoms with Crippen LogP contribution in [0.3, 0.4) is 0 Å². The largest absolute Gasteiger partial charge is 0.385 e. The maximum atomic E-state index is 10.7. The quantitative estimate of drug-likeness (QED) is 0.878. The van der Waals surface area contributed by atoms with Gasteiger partial charge in [-0.3, -0.25) is 0 Å². The third-order valence-electron chi connectivity index (χ3n) is 3.93. The Kier molecular flexibility index (Phi) is 6.02. The molecule has 1 N–H and O–H groups in total. The summed E-state index contributed by atoms with van der Waals surface area (Å²) in [5, 5.41) is 10.7. The van der Waals surface area contributed by atoms with E-state index in [-0.39, 0.29) is 0 Å². The summed E-state index contributed by atoms with van der Waals surface area (Å²) in [6, 6.07) is 8.49. The summed E-state index contributed by atoms with van der Waals surface area (Å²) in [6.45, 7) is 10.3. The highest BCUT2D eigenvalue weighted by Gasteiger charge is 2.32. The first-order chi connectivity index (χ1) is 9.01. The molecule has 0 atom stereocenters. The second kappa shape index (κ2) is 7.06. The first-order valence-electron chi connectivity index (χ1n) is 7.53. The van der Waals surface area contributed by atoms with E-state index in [9.17, 15) is 5.11 Å². The molecule has 0 aromatic heterocycles. The van der Waals surface area contributed by atoms with Crippen molar-refractivity contribution < 1.29 is 5.11 Å². The van der Waals surface area contributed by atoms with Gasteiger partial charge in [0.1, 0.15) is 0 Å². The third-order valence-corrected chi connectivity index (χ3v) is 3.93. The molecular weight excluding hydrogens is 234 g/mol. The minimum atomic E-state index is -0.609. The Morgan fingerprint density at radius 2 is 1.53 bits per heavy atom. The van der Waals surface area contributed by atoms with E-state index in [0.717, 1.165) is 31.5 Å². The summed E-state index contributed by atoms with van der Waals surface area (Å²) in [7, 11) is 2.11. The highest BCUT2D eigenvalue weighted by atomic mass is 16.3. The predicted octanol–water partition coefficient (Wildman–Crippen LogP) is 3.75. The molecule has 2 rings (SSSR count). The van der Waals surface area contributed by atoms with Gasteiger partial charge in [0.15, 0.2) is 0 Å². The van der Waals surface area contributed by atoms with Gasteiger partial charge in [-0.1, -0.05) is 52.0 Å². The van der Waals surface area contributed by atoms with Crippen LogP contribution in [-0.2, 0) is 5.60 Å². The normalized spacial score (nSPS) is 18.9. The fraction of sp³-hybridized carbons (Fsp3) is 0.647. The van der Waals surface area contributed by atoms with Crippen LogP contribution in [0.5, 0.6) is 0 Å². The number of rotatable bonds is 2. The van der Waals surface area contributed by atoms with Crippen molar-refractivity contribution in [3.8, 4) is 0 Å². The molecule has 1 aliphatic rings. The molecule has 0 radical (unpaired) electrons. The predicted molar refractivity (Wildman–Crippen MR) is 82.5 cm³/mol. The number of likely N-dealkylation sites (tertiary alicyclic amines) is 1. The molecule has 2 heteroatoms. The highest BCUT2D eigenvalue weighted by Crippen LogP contribution is 2.32. The summed E-state index contributed by atoms with van der Waals surface area (Å²) in [5.74, 6) is 0.552. The lowest BCUT2D eigenvalue weighted by atomic mass is 9.84. The zero-order chi connectivity index (χ0) is 14.5. The minimum Gasteiger partial charge on any atom is -0.385 e. The Morgan fingerprint density at radius 3 is 1.95 bits per heavy atom. The van der Waals surface area contributed by atoms with Crippen molar-refractivity contribution in [2.45, 2.75) is 52.1 Å². The van der Waals surface area contributed by atoms with Crippen LogP contribution < -0.4 is 0 Å². The van der Waals surface area contributed by atoms with Gasteiger partial charge in [-0.15, -0.1) is 0 Å². The molecule has 0 bridgehead atoms. The number of piperidine rings is 1. The zero-order valence-electron chi connectivity index (χ0n) is 13.1. The summed E-state index contributed by atoms with van der Waals surface area (Å²) in [5.41, 5.74) is 1.81. The Morgan fingerprint density at radius 1 is 1.05 bits per heavy atom. The van der Waals surface area contributed by atoms with Crippen LogP contribution in [0.2, 0.25) is 0 Å². The van der Waals surface area contributed by atoms with Gasteiger partial charge in [-0.2, -0.15) is 0 Å². The SMILES string of the molecule is CC.CC(C)c1ccc(C2(O)CCN(C)CC2)cc1. The van der Waals surface area contributed by atoms with E-state index in [1.165, 1.54) is 5.56 Å². The van der Waals surface area contributed by atoms with E-state index in [1.807, 2.05) is 13.8 Å². The molecule has 0 spiro atoms. The van der Waals surface area contributed by atoms with Crippen LogP contribution in [-0.4, -0.2) is 30.1 Å². The van der Waals surface area contributed by atoms with Crippen LogP contribution >= 0.6 is 0 Å². The molecule has 0 amide bonds. The number of benzene rings is 1. The second-order valence-electron chi connectivity index (χ2n) is 5.61. The second-order valence-corrected chi connectivity index (χ2v) is 5.61. The molecule has 0 unspecified atom stereocenters. The molecule has 108 valence electrons. The Labute approximate surface area is 118 Å². The van der Waals surface area contributed by atoms with Crippen molar-refractivity contribution in [3.05, 3.63) is 35.4 Å². The number of hydrogen-bond acceptors (Lipinski definition) is 2. The summed E-state index contributed by atoms with van der Waals surface area (Å²) < 4.78 is 0. The van der Waals surface area contributed by atoms with E-state index in [4.69, 9.17) is 0 Å². The molecule has 19 heavy (non-hydrogen) atoms. The lowest BCUT2D eigenvalue weighted by molar-refractivity contribution is -0.0203. The molecule has 0 aliphatic carbocycles.